The van der Waals surface area contributed by atoms with Gasteiger partial charge in [-0.1, -0.05) is 26.0 Å². The first-order chi connectivity index (χ1) is 9.06. The van der Waals surface area contributed by atoms with Crippen LogP contribution in [0.3, 0.4) is 0 Å². The SMILES string of the molecule is CC(C)c1cccc(OCc2ccc(C(=O)O)s2)c1. The Bertz CT molecular complexity index is 572. The van der Waals surface area contributed by atoms with Crippen molar-refractivity contribution in [2.24, 2.45) is 0 Å². The second-order valence-electron chi connectivity index (χ2n) is 4.59. The summed E-state index contributed by atoms with van der Waals surface area (Å²) in [5.74, 6) is 0.387. The van der Waals surface area contributed by atoms with E-state index in [1.807, 2.05) is 18.2 Å². The Hall–Kier alpha value is -1.81. The first kappa shape index (κ1) is 13.6. The number of hydrogen-bond acceptors (Lipinski definition) is 3. The molecule has 0 spiro atoms. The summed E-state index contributed by atoms with van der Waals surface area (Å²) in [5.41, 5.74) is 1.23. The van der Waals surface area contributed by atoms with E-state index in [1.54, 1.807) is 12.1 Å². The number of carbonyl (C=O) groups is 1. The molecule has 0 aliphatic rings. The van der Waals surface area contributed by atoms with E-state index in [0.29, 0.717) is 17.4 Å². The van der Waals surface area contributed by atoms with Gasteiger partial charge in [0.2, 0.25) is 0 Å². The first-order valence-corrected chi connectivity index (χ1v) is 6.92. The zero-order chi connectivity index (χ0) is 13.8. The predicted octanol–water partition coefficient (Wildman–Crippen LogP) is 4.15. The lowest BCUT2D eigenvalue weighted by atomic mass is 10.0. The van der Waals surface area contributed by atoms with Crippen LogP contribution in [0.1, 0.15) is 39.9 Å². The smallest absolute Gasteiger partial charge is 0.345 e. The second-order valence-corrected chi connectivity index (χ2v) is 5.76. The fourth-order valence-electron chi connectivity index (χ4n) is 1.69. The van der Waals surface area contributed by atoms with Crippen molar-refractivity contribution >= 4 is 17.3 Å². The summed E-state index contributed by atoms with van der Waals surface area (Å²) >= 11 is 1.25. The molecule has 1 aromatic carbocycles. The van der Waals surface area contributed by atoms with Crippen LogP contribution < -0.4 is 4.74 Å². The lowest BCUT2D eigenvalue weighted by molar-refractivity contribution is 0.0702. The first-order valence-electron chi connectivity index (χ1n) is 6.11. The van der Waals surface area contributed by atoms with E-state index in [-0.39, 0.29) is 0 Å². The van der Waals surface area contributed by atoms with Crippen molar-refractivity contribution in [2.75, 3.05) is 0 Å². The van der Waals surface area contributed by atoms with Crippen LogP contribution in [0, 0.1) is 0 Å². The summed E-state index contributed by atoms with van der Waals surface area (Å²) in [7, 11) is 0. The Labute approximate surface area is 116 Å². The molecule has 0 bridgehead atoms. The highest BCUT2D eigenvalue weighted by Gasteiger charge is 2.07. The molecule has 0 atom stereocenters. The van der Waals surface area contributed by atoms with Gasteiger partial charge in [-0.25, -0.2) is 4.79 Å². The molecule has 4 heteroatoms. The molecule has 0 saturated carbocycles. The average molecular weight is 276 g/mol. The van der Waals surface area contributed by atoms with Crippen LogP contribution in [-0.2, 0) is 6.61 Å². The number of benzene rings is 1. The van der Waals surface area contributed by atoms with Gasteiger partial charge >= 0.3 is 5.97 Å². The molecule has 0 radical (unpaired) electrons. The van der Waals surface area contributed by atoms with E-state index in [4.69, 9.17) is 9.84 Å². The highest BCUT2D eigenvalue weighted by molar-refractivity contribution is 7.13. The maximum atomic E-state index is 10.8. The van der Waals surface area contributed by atoms with E-state index in [9.17, 15) is 4.79 Å². The largest absolute Gasteiger partial charge is 0.488 e. The number of rotatable bonds is 5. The van der Waals surface area contributed by atoms with E-state index in [2.05, 4.69) is 19.9 Å². The third-order valence-corrected chi connectivity index (χ3v) is 3.83. The lowest BCUT2D eigenvalue weighted by Crippen LogP contribution is -1.94. The molecule has 3 nitrogen and oxygen atoms in total. The normalized spacial score (nSPS) is 10.7. The molecule has 0 saturated heterocycles. The van der Waals surface area contributed by atoms with Gasteiger partial charge in [0.15, 0.2) is 0 Å². The van der Waals surface area contributed by atoms with Crippen LogP contribution >= 0.6 is 11.3 Å². The van der Waals surface area contributed by atoms with E-state index in [0.717, 1.165) is 10.6 Å². The minimum atomic E-state index is -0.891. The van der Waals surface area contributed by atoms with Crippen LogP contribution in [0.4, 0.5) is 0 Å². The summed E-state index contributed by atoms with van der Waals surface area (Å²) < 4.78 is 5.69. The molecule has 1 heterocycles. The Morgan fingerprint density at radius 3 is 2.74 bits per heavy atom. The highest BCUT2D eigenvalue weighted by atomic mass is 32.1. The number of hydrogen-bond donors (Lipinski definition) is 1. The summed E-state index contributed by atoms with van der Waals surface area (Å²) in [4.78, 5) is 12.0. The van der Waals surface area contributed by atoms with Crippen molar-refractivity contribution in [3.05, 3.63) is 51.7 Å². The van der Waals surface area contributed by atoms with Crippen LogP contribution in [0.2, 0.25) is 0 Å². The maximum Gasteiger partial charge on any atom is 0.345 e. The number of carboxylic acid groups (broad SMARTS) is 1. The molecule has 2 rings (SSSR count). The van der Waals surface area contributed by atoms with E-state index < -0.39 is 5.97 Å². The molecule has 0 aliphatic carbocycles. The molecule has 1 N–H and O–H groups in total. The average Bonchev–Trinajstić information content (AvgIpc) is 2.85. The summed E-state index contributed by atoms with van der Waals surface area (Å²) in [6.45, 7) is 4.68. The molecule has 19 heavy (non-hydrogen) atoms. The van der Waals surface area contributed by atoms with Crippen molar-refractivity contribution in [3.63, 3.8) is 0 Å². The number of aromatic carboxylic acids is 1. The zero-order valence-electron chi connectivity index (χ0n) is 10.9. The summed E-state index contributed by atoms with van der Waals surface area (Å²) in [6, 6.07) is 11.4. The van der Waals surface area contributed by atoms with Gasteiger partial charge in [-0.05, 0) is 35.7 Å². The van der Waals surface area contributed by atoms with Gasteiger partial charge < -0.3 is 9.84 Å². The molecule has 100 valence electrons. The molecule has 1 aromatic heterocycles. The Morgan fingerprint density at radius 1 is 1.32 bits per heavy atom. The van der Waals surface area contributed by atoms with E-state index >= 15 is 0 Å². The number of thiophene rings is 1. The van der Waals surface area contributed by atoms with Crippen LogP contribution in [0.5, 0.6) is 5.75 Å². The van der Waals surface area contributed by atoms with Crippen molar-refractivity contribution in [2.45, 2.75) is 26.4 Å². The quantitative estimate of drug-likeness (QED) is 0.892. The fraction of sp³-hybridized carbons (Fsp3) is 0.267. The monoisotopic (exact) mass is 276 g/mol. The number of carboxylic acids is 1. The van der Waals surface area contributed by atoms with Gasteiger partial charge in [0, 0.05) is 4.88 Å². The van der Waals surface area contributed by atoms with Gasteiger partial charge in [0.1, 0.15) is 17.2 Å². The van der Waals surface area contributed by atoms with Gasteiger partial charge in [0.25, 0.3) is 0 Å². The standard InChI is InChI=1S/C15H16O3S/c1-10(2)11-4-3-5-12(8-11)18-9-13-6-7-14(19-13)15(16)17/h3-8,10H,9H2,1-2H3,(H,16,17). The van der Waals surface area contributed by atoms with Gasteiger partial charge in [0.05, 0.1) is 0 Å². The second kappa shape index (κ2) is 5.89. The van der Waals surface area contributed by atoms with Crippen LogP contribution in [0.25, 0.3) is 0 Å². The fourth-order valence-corrected chi connectivity index (χ4v) is 2.45. The van der Waals surface area contributed by atoms with Crippen molar-refractivity contribution in [1.82, 2.24) is 0 Å². The third kappa shape index (κ3) is 3.58. The van der Waals surface area contributed by atoms with E-state index in [1.165, 1.54) is 16.9 Å². The molecular formula is C15H16O3S. The molecule has 0 unspecified atom stereocenters. The topological polar surface area (TPSA) is 46.5 Å². The molecular weight excluding hydrogens is 260 g/mol. The summed E-state index contributed by atoms with van der Waals surface area (Å²) in [5, 5.41) is 8.85. The third-order valence-electron chi connectivity index (χ3n) is 2.78. The van der Waals surface area contributed by atoms with Gasteiger partial charge in [-0.3, -0.25) is 0 Å². The van der Waals surface area contributed by atoms with Crippen LogP contribution in [-0.4, -0.2) is 11.1 Å². The highest BCUT2D eigenvalue weighted by Crippen LogP contribution is 2.22. The van der Waals surface area contributed by atoms with Crippen molar-refractivity contribution < 1.29 is 14.6 Å². The molecule has 2 aromatic rings. The predicted molar refractivity (Wildman–Crippen MR) is 76.1 cm³/mol. The summed E-state index contributed by atoms with van der Waals surface area (Å²) in [6.07, 6.45) is 0. The van der Waals surface area contributed by atoms with Gasteiger partial charge in [-0.15, -0.1) is 11.3 Å². The maximum absolute atomic E-state index is 10.8. The molecule has 0 aliphatic heterocycles. The van der Waals surface area contributed by atoms with Crippen molar-refractivity contribution in [3.8, 4) is 5.75 Å². The zero-order valence-corrected chi connectivity index (χ0v) is 11.7. The number of ether oxygens (including phenoxy) is 1. The van der Waals surface area contributed by atoms with Crippen molar-refractivity contribution in [1.29, 1.82) is 0 Å². The Kier molecular flexibility index (Phi) is 4.22. The minimum Gasteiger partial charge on any atom is -0.488 e. The molecule has 0 amide bonds. The van der Waals surface area contributed by atoms with Gasteiger partial charge in [-0.2, -0.15) is 0 Å². The Balaban J connectivity index is 2.01. The Morgan fingerprint density at radius 2 is 2.11 bits per heavy atom. The molecule has 0 fully saturated rings. The van der Waals surface area contributed by atoms with Crippen LogP contribution in [0.15, 0.2) is 36.4 Å². The lowest BCUT2D eigenvalue weighted by Gasteiger charge is -2.09. The minimum absolute atomic E-state index is 0.342.